The van der Waals surface area contributed by atoms with E-state index in [9.17, 15) is 0 Å². The molecular formula is C20H28N4. The summed E-state index contributed by atoms with van der Waals surface area (Å²) >= 11 is 0. The number of aromatic nitrogens is 1. The van der Waals surface area contributed by atoms with Crippen molar-refractivity contribution in [2.45, 2.75) is 32.4 Å². The summed E-state index contributed by atoms with van der Waals surface area (Å²) in [6.07, 6.45) is 4.42. The number of para-hydroxylation sites is 1. The molecule has 1 atom stereocenters. The third kappa shape index (κ3) is 4.13. The maximum absolute atomic E-state index is 6.02. The summed E-state index contributed by atoms with van der Waals surface area (Å²) in [4.78, 5) is 9.26. The minimum Gasteiger partial charge on any atom is -0.329 e. The Hall–Kier alpha value is -1.91. The van der Waals surface area contributed by atoms with E-state index in [-0.39, 0.29) is 0 Å². The van der Waals surface area contributed by atoms with Gasteiger partial charge in [0, 0.05) is 31.5 Å². The number of anilines is 2. The van der Waals surface area contributed by atoms with Gasteiger partial charge in [0.2, 0.25) is 0 Å². The zero-order valence-corrected chi connectivity index (χ0v) is 14.7. The van der Waals surface area contributed by atoms with Crippen LogP contribution in [0.25, 0.3) is 0 Å². The average Bonchev–Trinajstić information content (AvgIpc) is 2.63. The highest BCUT2D eigenvalue weighted by Crippen LogP contribution is 2.23. The average molecular weight is 324 g/mol. The molecule has 24 heavy (non-hydrogen) atoms. The van der Waals surface area contributed by atoms with Crippen molar-refractivity contribution in [3.8, 4) is 0 Å². The second kappa shape index (κ2) is 7.77. The number of pyridine rings is 1. The van der Waals surface area contributed by atoms with Crippen molar-refractivity contribution in [1.82, 2.24) is 9.88 Å². The highest BCUT2D eigenvalue weighted by Gasteiger charge is 2.21. The van der Waals surface area contributed by atoms with E-state index >= 15 is 0 Å². The molecule has 2 heterocycles. The molecule has 2 N–H and O–H groups in total. The van der Waals surface area contributed by atoms with E-state index in [1.807, 2.05) is 24.4 Å². The molecule has 1 aliphatic heterocycles. The second-order valence-corrected chi connectivity index (χ2v) is 6.89. The smallest absolute Gasteiger partial charge is 0.132 e. The Kier molecular flexibility index (Phi) is 5.48. The van der Waals surface area contributed by atoms with Gasteiger partial charge in [-0.05, 0) is 62.5 Å². The zero-order valence-electron chi connectivity index (χ0n) is 14.7. The van der Waals surface area contributed by atoms with Crippen molar-refractivity contribution in [3.63, 3.8) is 0 Å². The summed E-state index contributed by atoms with van der Waals surface area (Å²) < 4.78 is 0. The molecular weight excluding hydrogens is 296 g/mol. The van der Waals surface area contributed by atoms with E-state index in [2.05, 4.69) is 53.0 Å². The van der Waals surface area contributed by atoms with E-state index in [1.54, 1.807) is 0 Å². The Bertz CT molecular complexity index is 616. The van der Waals surface area contributed by atoms with Gasteiger partial charge in [0.15, 0.2) is 0 Å². The number of hydrogen-bond acceptors (Lipinski definition) is 4. The topological polar surface area (TPSA) is 45.4 Å². The van der Waals surface area contributed by atoms with Gasteiger partial charge in [0.1, 0.15) is 5.82 Å². The standard InChI is InChI=1S/C20H28N4/c1-16(21)18-10-12-24(13-11-18)15-17-8-9-20(22-14-17)23(2)19-6-4-3-5-7-19/h3-9,14,16,18H,10-13,15,21H2,1-2H3. The fraction of sp³-hybridized carbons (Fsp3) is 0.450. The van der Waals surface area contributed by atoms with Crippen LogP contribution in [0, 0.1) is 5.92 Å². The van der Waals surface area contributed by atoms with Crippen LogP contribution in [-0.2, 0) is 6.54 Å². The van der Waals surface area contributed by atoms with Gasteiger partial charge >= 0.3 is 0 Å². The van der Waals surface area contributed by atoms with Crippen LogP contribution in [0.5, 0.6) is 0 Å². The highest BCUT2D eigenvalue weighted by molar-refractivity contribution is 5.58. The first kappa shape index (κ1) is 16.9. The Morgan fingerprint density at radius 3 is 2.46 bits per heavy atom. The number of rotatable bonds is 5. The largest absolute Gasteiger partial charge is 0.329 e. The van der Waals surface area contributed by atoms with Gasteiger partial charge in [-0.3, -0.25) is 4.90 Å². The number of nitrogens with two attached hydrogens (primary N) is 1. The molecule has 0 aliphatic carbocycles. The molecule has 0 bridgehead atoms. The van der Waals surface area contributed by atoms with Crippen molar-refractivity contribution < 1.29 is 0 Å². The van der Waals surface area contributed by atoms with Crippen LogP contribution in [0.3, 0.4) is 0 Å². The van der Waals surface area contributed by atoms with E-state index in [0.29, 0.717) is 12.0 Å². The van der Waals surface area contributed by atoms with Gasteiger partial charge in [-0.1, -0.05) is 24.3 Å². The van der Waals surface area contributed by atoms with E-state index in [0.717, 1.165) is 31.1 Å². The molecule has 0 spiro atoms. The molecule has 3 rings (SSSR count). The fourth-order valence-electron chi connectivity index (χ4n) is 3.39. The number of piperidine rings is 1. The zero-order chi connectivity index (χ0) is 16.9. The Balaban J connectivity index is 1.57. The number of nitrogens with zero attached hydrogens (tertiary/aromatic N) is 3. The molecule has 0 saturated carbocycles. The van der Waals surface area contributed by atoms with Gasteiger partial charge < -0.3 is 10.6 Å². The molecule has 2 aromatic rings. The van der Waals surface area contributed by atoms with Crippen LogP contribution in [-0.4, -0.2) is 36.1 Å². The first-order chi connectivity index (χ1) is 11.6. The van der Waals surface area contributed by atoms with Gasteiger partial charge in [0.25, 0.3) is 0 Å². The van der Waals surface area contributed by atoms with Crippen LogP contribution in [0.1, 0.15) is 25.3 Å². The van der Waals surface area contributed by atoms with E-state index in [4.69, 9.17) is 5.73 Å². The van der Waals surface area contributed by atoms with Crippen molar-refractivity contribution in [1.29, 1.82) is 0 Å². The van der Waals surface area contributed by atoms with Crippen molar-refractivity contribution in [3.05, 3.63) is 54.2 Å². The molecule has 0 amide bonds. The quantitative estimate of drug-likeness (QED) is 0.915. The van der Waals surface area contributed by atoms with E-state index < -0.39 is 0 Å². The normalized spacial score (nSPS) is 17.6. The number of likely N-dealkylation sites (tertiary alicyclic amines) is 1. The third-order valence-electron chi connectivity index (χ3n) is 5.08. The maximum Gasteiger partial charge on any atom is 0.132 e. The predicted molar refractivity (Wildman–Crippen MR) is 100 cm³/mol. The molecule has 128 valence electrons. The highest BCUT2D eigenvalue weighted by atomic mass is 15.2. The van der Waals surface area contributed by atoms with E-state index in [1.165, 1.54) is 18.4 Å². The minimum atomic E-state index is 0.321. The maximum atomic E-state index is 6.02. The molecule has 4 heteroatoms. The first-order valence-corrected chi connectivity index (χ1v) is 8.85. The lowest BCUT2D eigenvalue weighted by atomic mass is 9.91. The summed E-state index contributed by atoms with van der Waals surface area (Å²) in [5.74, 6) is 1.65. The number of benzene rings is 1. The molecule has 0 radical (unpaired) electrons. The predicted octanol–water partition coefficient (Wildman–Crippen LogP) is 3.41. The Labute approximate surface area is 145 Å². The molecule has 1 unspecified atom stereocenters. The van der Waals surface area contributed by atoms with Crippen LogP contribution in [0.15, 0.2) is 48.7 Å². The SMILES string of the molecule is CC(N)C1CCN(Cc2ccc(N(C)c3ccccc3)nc2)CC1. The van der Waals surface area contributed by atoms with Crippen molar-refractivity contribution in [2.24, 2.45) is 11.7 Å². The molecule has 1 aromatic heterocycles. The molecule has 1 aromatic carbocycles. The molecule has 1 saturated heterocycles. The van der Waals surface area contributed by atoms with Gasteiger partial charge in [-0.15, -0.1) is 0 Å². The summed E-state index contributed by atoms with van der Waals surface area (Å²) in [6, 6.07) is 14.9. The summed E-state index contributed by atoms with van der Waals surface area (Å²) in [5, 5.41) is 0. The van der Waals surface area contributed by atoms with Crippen molar-refractivity contribution in [2.75, 3.05) is 25.0 Å². The van der Waals surface area contributed by atoms with Gasteiger partial charge in [-0.2, -0.15) is 0 Å². The van der Waals surface area contributed by atoms with Gasteiger partial charge in [-0.25, -0.2) is 4.98 Å². The summed E-state index contributed by atoms with van der Waals surface area (Å²) in [5.41, 5.74) is 8.45. The lowest BCUT2D eigenvalue weighted by Gasteiger charge is -2.33. The van der Waals surface area contributed by atoms with Crippen LogP contribution in [0.2, 0.25) is 0 Å². The minimum absolute atomic E-state index is 0.321. The lowest BCUT2D eigenvalue weighted by molar-refractivity contribution is 0.165. The second-order valence-electron chi connectivity index (χ2n) is 6.89. The molecule has 1 aliphatic rings. The van der Waals surface area contributed by atoms with Crippen LogP contribution < -0.4 is 10.6 Å². The van der Waals surface area contributed by atoms with Crippen LogP contribution >= 0.6 is 0 Å². The van der Waals surface area contributed by atoms with Crippen molar-refractivity contribution >= 4 is 11.5 Å². The van der Waals surface area contributed by atoms with Crippen LogP contribution in [0.4, 0.5) is 11.5 Å². The third-order valence-corrected chi connectivity index (χ3v) is 5.08. The first-order valence-electron chi connectivity index (χ1n) is 8.85. The monoisotopic (exact) mass is 324 g/mol. The summed E-state index contributed by atoms with van der Waals surface area (Å²) in [7, 11) is 2.05. The number of hydrogen-bond donors (Lipinski definition) is 1. The van der Waals surface area contributed by atoms with Gasteiger partial charge in [0.05, 0.1) is 0 Å². The Morgan fingerprint density at radius 2 is 1.88 bits per heavy atom. The molecule has 1 fully saturated rings. The lowest BCUT2D eigenvalue weighted by Crippen LogP contribution is -2.39. The summed E-state index contributed by atoms with van der Waals surface area (Å²) in [6.45, 7) is 5.38. The fourth-order valence-corrected chi connectivity index (χ4v) is 3.39. The molecule has 4 nitrogen and oxygen atoms in total. The Morgan fingerprint density at radius 1 is 1.17 bits per heavy atom.